The molecule has 1 unspecified atom stereocenters. The second-order valence-corrected chi connectivity index (χ2v) is 7.64. The van der Waals surface area contributed by atoms with E-state index in [4.69, 9.17) is 4.74 Å². The standard InChI is InChI=1S/C18H25F3N6OS/c1-22-17(23-10-13-12-26(2)25-16(13)18(19,20)21)24-11-14(15-4-3-9-29-15)27-5-7-28-8-6-27/h3-4,9,12,14H,5-8,10-11H2,1-2H3,(H2,22,23,24). The molecule has 160 valence electrons. The highest BCUT2D eigenvalue weighted by Crippen LogP contribution is 2.30. The fourth-order valence-electron chi connectivity index (χ4n) is 3.28. The Kier molecular flexibility index (Phi) is 7.14. The molecule has 1 atom stereocenters. The van der Waals surface area contributed by atoms with Crippen LogP contribution >= 0.6 is 11.3 Å². The van der Waals surface area contributed by atoms with Gasteiger partial charge in [0.1, 0.15) is 0 Å². The highest BCUT2D eigenvalue weighted by molar-refractivity contribution is 7.10. The summed E-state index contributed by atoms with van der Waals surface area (Å²) >= 11 is 1.68. The molecule has 1 saturated heterocycles. The van der Waals surface area contributed by atoms with Crippen LogP contribution in [0.4, 0.5) is 13.2 Å². The van der Waals surface area contributed by atoms with Gasteiger partial charge in [0.15, 0.2) is 11.7 Å². The Hall–Kier alpha value is -2.11. The zero-order valence-corrected chi connectivity index (χ0v) is 17.2. The number of aryl methyl sites for hydroxylation is 1. The van der Waals surface area contributed by atoms with Crippen molar-refractivity contribution in [3.05, 3.63) is 39.8 Å². The van der Waals surface area contributed by atoms with Gasteiger partial charge in [0, 0.05) is 56.9 Å². The number of thiophene rings is 1. The lowest BCUT2D eigenvalue weighted by Gasteiger charge is -2.34. The van der Waals surface area contributed by atoms with Crippen molar-refractivity contribution < 1.29 is 17.9 Å². The van der Waals surface area contributed by atoms with E-state index in [-0.39, 0.29) is 18.2 Å². The fourth-order valence-corrected chi connectivity index (χ4v) is 4.14. The summed E-state index contributed by atoms with van der Waals surface area (Å²) in [6.45, 7) is 3.61. The quantitative estimate of drug-likeness (QED) is 0.544. The largest absolute Gasteiger partial charge is 0.435 e. The SMILES string of the molecule is CN=C(NCc1cn(C)nc1C(F)(F)F)NCC(c1cccs1)N1CCOCC1. The average Bonchev–Trinajstić information content (AvgIpc) is 3.35. The minimum absolute atomic E-state index is 0.0242. The first-order valence-corrected chi connectivity index (χ1v) is 10.2. The van der Waals surface area contributed by atoms with Gasteiger partial charge in [0.2, 0.25) is 0 Å². The van der Waals surface area contributed by atoms with E-state index in [0.29, 0.717) is 25.7 Å². The summed E-state index contributed by atoms with van der Waals surface area (Å²) < 4.78 is 46.0. The summed E-state index contributed by atoms with van der Waals surface area (Å²) in [6, 6.07) is 4.25. The number of alkyl halides is 3. The van der Waals surface area contributed by atoms with Gasteiger partial charge < -0.3 is 15.4 Å². The molecule has 0 spiro atoms. The predicted molar refractivity (Wildman–Crippen MR) is 106 cm³/mol. The molecule has 0 bridgehead atoms. The Labute approximate surface area is 171 Å². The number of guanidine groups is 1. The first kappa shape index (κ1) is 21.6. The van der Waals surface area contributed by atoms with Crippen LogP contribution in [-0.4, -0.2) is 60.5 Å². The summed E-state index contributed by atoms with van der Waals surface area (Å²) in [5, 5.41) is 11.8. The molecule has 3 rings (SSSR count). The van der Waals surface area contributed by atoms with Crippen LogP contribution < -0.4 is 10.6 Å². The smallest absolute Gasteiger partial charge is 0.379 e. The maximum absolute atomic E-state index is 13.1. The van der Waals surface area contributed by atoms with Crippen molar-refractivity contribution in [2.75, 3.05) is 39.9 Å². The van der Waals surface area contributed by atoms with Gasteiger partial charge >= 0.3 is 6.18 Å². The molecular formula is C18H25F3N6OS. The maximum atomic E-state index is 13.1. The van der Waals surface area contributed by atoms with E-state index in [2.05, 4.69) is 31.7 Å². The molecule has 11 heteroatoms. The number of ether oxygens (including phenoxy) is 1. The lowest BCUT2D eigenvalue weighted by molar-refractivity contribution is -0.142. The highest BCUT2D eigenvalue weighted by atomic mass is 32.1. The van der Waals surface area contributed by atoms with Crippen molar-refractivity contribution >= 4 is 17.3 Å². The molecule has 7 nitrogen and oxygen atoms in total. The van der Waals surface area contributed by atoms with E-state index in [1.165, 1.54) is 22.8 Å². The molecule has 0 radical (unpaired) electrons. The Morgan fingerprint density at radius 3 is 2.72 bits per heavy atom. The maximum Gasteiger partial charge on any atom is 0.435 e. The molecule has 0 aliphatic carbocycles. The van der Waals surface area contributed by atoms with Gasteiger partial charge in [0.05, 0.1) is 19.3 Å². The molecule has 1 aliphatic rings. The number of nitrogens with zero attached hydrogens (tertiary/aromatic N) is 4. The van der Waals surface area contributed by atoms with Crippen LogP contribution in [0, 0.1) is 0 Å². The minimum Gasteiger partial charge on any atom is -0.379 e. The molecular weight excluding hydrogens is 405 g/mol. The van der Waals surface area contributed by atoms with Crippen LogP contribution in [0.3, 0.4) is 0 Å². The summed E-state index contributed by atoms with van der Waals surface area (Å²) in [5.41, 5.74) is -0.807. The molecule has 3 heterocycles. The molecule has 0 saturated carbocycles. The Balaban J connectivity index is 1.62. The first-order chi connectivity index (χ1) is 13.9. The number of nitrogens with one attached hydrogen (secondary N) is 2. The molecule has 29 heavy (non-hydrogen) atoms. The van der Waals surface area contributed by atoms with Crippen LogP contribution in [0.5, 0.6) is 0 Å². The normalized spacial score (nSPS) is 17.3. The zero-order chi connectivity index (χ0) is 20.9. The second kappa shape index (κ2) is 9.59. The number of aliphatic imine (C=N–C) groups is 1. The third-order valence-corrected chi connectivity index (χ3v) is 5.64. The van der Waals surface area contributed by atoms with Crippen LogP contribution in [0.15, 0.2) is 28.7 Å². The van der Waals surface area contributed by atoms with Crippen molar-refractivity contribution in [2.24, 2.45) is 12.0 Å². The summed E-state index contributed by atoms with van der Waals surface area (Å²) in [7, 11) is 3.07. The van der Waals surface area contributed by atoms with E-state index < -0.39 is 11.9 Å². The Bertz CT molecular complexity index is 799. The first-order valence-electron chi connectivity index (χ1n) is 9.28. The van der Waals surface area contributed by atoms with Gasteiger partial charge in [-0.1, -0.05) is 6.07 Å². The van der Waals surface area contributed by atoms with Crippen molar-refractivity contribution in [1.82, 2.24) is 25.3 Å². The highest BCUT2D eigenvalue weighted by Gasteiger charge is 2.36. The van der Waals surface area contributed by atoms with Crippen molar-refractivity contribution in [3.63, 3.8) is 0 Å². The van der Waals surface area contributed by atoms with Gasteiger partial charge in [-0.2, -0.15) is 18.3 Å². The van der Waals surface area contributed by atoms with E-state index in [0.717, 1.165) is 13.1 Å². The average molecular weight is 431 g/mol. The van der Waals surface area contributed by atoms with E-state index in [1.807, 2.05) is 11.4 Å². The minimum atomic E-state index is -4.49. The van der Waals surface area contributed by atoms with Gasteiger partial charge in [-0.15, -0.1) is 11.3 Å². The van der Waals surface area contributed by atoms with Crippen LogP contribution in [0.25, 0.3) is 0 Å². The van der Waals surface area contributed by atoms with Gasteiger partial charge in [-0.3, -0.25) is 14.6 Å². The molecule has 1 aliphatic heterocycles. The number of halogens is 3. The second-order valence-electron chi connectivity index (χ2n) is 6.66. The topological polar surface area (TPSA) is 66.7 Å². The summed E-state index contributed by atoms with van der Waals surface area (Å²) in [5.74, 6) is 0.441. The van der Waals surface area contributed by atoms with Crippen LogP contribution in [-0.2, 0) is 24.5 Å². The third kappa shape index (κ3) is 5.71. The third-order valence-electron chi connectivity index (χ3n) is 4.66. The molecule has 0 amide bonds. The fraction of sp³-hybridized carbons (Fsp3) is 0.556. The van der Waals surface area contributed by atoms with Crippen LogP contribution in [0.2, 0.25) is 0 Å². The molecule has 1 fully saturated rings. The van der Waals surface area contributed by atoms with E-state index in [1.54, 1.807) is 18.4 Å². The zero-order valence-electron chi connectivity index (χ0n) is 16.4. The van der Waals surface area contributed by atoms with Crippen molar-refractivity contribution in [1.29, 1.82) is 0 Å². The lowest BCUT2D eigenvalue weighted by atomic mass is 10.2. The predicted octanol–water partition coefficient (Wildman–Crippen LogP) is 2.24. The van der Waals surface area contributed by atoms with Crippen molar-refractivity contribution in [2.45, 2.75) is 18.8 Å². The van der Waals surface area contributed by atoms with Gasteiger partial charge in [-0.05, 0) is 11.4 Å². The monoisotopic (exact) mass is 430 g/mol. The Morgan fingerprint density at radius 1 is 1.34 bits per heavy atom. The summed E-state index contributed by atoms with van der Waals surface area (Å²) in [6.07, 6.45) is -3.12. The number of hydrogen-bond donors (Lipinski definition) is 2. The number of hydrogen-bond acceptors (Lipinski definition) is 5. The molecule has 2 N–H and O–H groups in total. The summed E-state index contributed by atoms with van der Waals surface area (Å²) in [4.78, 5) is 7.72. The molecule has 2 aromatic heterocycles. The number of aromatic nitrogens is 2. The van der Waals surface area contributed by atoms with Gasteiger partial charge in [-0.25, -0.2) is 0 Å². The number of rotatable bonds is 6. The van der Waals surface area contributed by atoms with E-state index >= 15 is 0 Å². The van der Waals surface area contributed by atoms with Crippen molar-refractivity contribution in [3.8, 4) is 0 Å². The van der Waals surface area contributed by atoms with Gasteiger partial charge in [0.25, 0.3) is 0 Å². The molecule has 2 aromatic rings. The number of morpholine rings is 1. The molecule has 0 aromatic carbocycles. The Morgan fingerprint density at radius 2 is 2.10 bits per heavy atom. The lowest BCUT2D eigenvalue weighted by Crippen LogP contribution is -2.46. The van der Waals surface area contributed by atoms with Crippen LogP contribution in [0.1, 0.15) is 22.2 Å². The van der Waals surface area contributed by atoms with E-state index in [9.17, 15) is 13.2 Å².